The third kappa shape index (κ3) is 4.90. The summed E-state index contributed by atoms with van der Waals surface area (Å²) in [5.41, 5.74) is 2.54. The van der Waals surface area contributed by atoms with Gasteiger partial charge in [0.25, 0.3) is 10.0 Å². The largest absolute Gasteiger partial charge is 0.481 e. The molecule has 2 atom stereocenters. The Kier molecular flexibility index (Phi) is 6.92. The van der Waals surface area contributed by atoms with Gasteiger partial charge in [0.15, 0.2) is 11.5 Å². The van der Waals surface area contributed by atoms with Crippen LogP contribution in [-0.2, 0) is 14.8 Å². The molecule has 44 heavy (non-hydrogen) atoms. The highest BCUT2D eigenvalue weighted by Crippen LogP contribution is 2.46. The first-order valence-corrected chi connectivity index (χ1v) is 16.1. The second-order valence-corrected chi connectivity index (χ2v) is 13.5. The number of carbonyl (C=O) groups is 1. The Morgan fingerprint density at radius 3 is 2.34 bits per heavy atom. The number of carboxylic acids is 1. The zero-order valence-electron chi connectivity index (χ0n) is 23.9. The first-order valence-electron chi connectivity index (χ1n) is 14.6. The SMILES string of the molecule is Cc1ccc(S(=O)(=O)n2cc(-c3nc(NC4C5CCC(CC5)C4C(=O)O)cc(-c4ccccc4)n3)c3ccc(F)nc32)cc1. The Morgan fingerprint density at radius 1 is 0.932 bits per heavy atom. The van der Waals surface area contributed by atoms with Crippen molar-refractivity contribution in [3.05, 3.63) is 90.5 Å². The summed E-state index contributed by atoms with van der Waals surface area (Å²) in [5, 5.41) is 13.9. The van der Waals surface area contributed by atoms with Crippen LogP contribution in [0.15, 0.2) is 83.9 Å². The lowest BCUT2D eigenvalue weighted by Gasteiger charge is -2.47. The fraction of sp³-hybridized carbons (Fsp3) is 0.273. The van der Waals surface area contributed by atoms with Gasteiger partial charge in [-0.1, -0.05) is 48.0 Å². The van der Waals surface area contributed by atoms with Gasteiger partial charge in [-0.2, -0.15) is 4.39 Å². The number of hydrogen-bond donors (Lipinski definition) is 2. The molecule has 3 aliphatic carbocycles. The van der Waals surface area contributed by atoms with Gasteiger partial charge in [0.2, 0.25) is 5.95 Å². The van der Waals surface area contributed by atoms with Gasteiger partial charge in [0, 0.05) is 34.8 Å². The molecular weight excluding hydrogens is 581 g/mol. The highest BCUT2D eigenvalue weighted by atomic mass is 32.2. The summed E-state index contributed by atoms with van der Waals surface area (Å²) in [6.07, 6.45) is 5.10. The number of nitrogens with zero attached hydrogens (tertiary/aromatic N) is 4. The van der Waals surface area contributed by atoms with E-state index >= 15 is 0 Å². The van der Waals surface area contributed by atoms with Crippen molar-refractivity contribution in [2.75, 3.05) is 5.32 Å². The number of anilines is 1. The quantitative estimate of drug-likeness (QED) is 0.210. The zero-order chi connectivity index (χ0) is 30.6. The van der Waals surface area contributed by atoms with Crippen molar-refractivity contribution in [3.8, 4) is 22.6 Å². The van der Waals surface area contributed by atoms with Gasteiger partial charge in [-0.3, -0.25) is 4.79 Å². The number of hydrogen-bond acceptors (Lipinski definition) is 7. The highest BCUT2D eigenvalue weighted by molar-refractivity contribution is 7.90. The molecule has 2 bridgehead atoms. The van der Waals surface area contributed by atoms with Gasteiger partial charge in [0.05, 0.1) is 16.5 Å². The third-order valence-electron chi connectivity index (χ3n) is 9.02. The van der Waals surface area contributed by atoms with Crippen LogP contribution < -0.4 is 5.32 Å². The minimum absolute atomic E-state index is 0.0333. The van der Waals surface area contributed by atoms with Crippen molar-refractivity contribution in [1.82, 2.24) is 18.9 Å². The fourth-order valence-corrected chi connectivity index (χ4v) is 8.14. The number of rotatable bonds is 7. The van der Waals surface area contributed by atoms with Crippen molar-refractivity contribution in [1.29, 1.82) is 0 Å². The number of carboxylic acid groups (broad SMARTS) is 1. The number of aromatic nitrogens is 4. The number of halogens is 1. The van der Waals surface area contributed by atoms with E-state index in [0.717, 1.165) is 40.8 Å². The van der Waals surface area contributed by atoms with Gasteiger partial charge >= 0.3 is 5.97 Å². The van der Waals surface area contributed by atoms with Crippen molar-refractivity contribution < 1.29 is 22.7 Å². The maximum absolute atomic E-state index is 14.4. The molecule has 0 saturated heterocycles. The van der Waals surface area contributed by atoms with Crippen molar-refractivity contribution >= 4 is 32.8 Å². The van der Waals surface area contributed by atoms with E-state index in [2.05, 4.69) is 10.3 Å². The van der Waals surface area contributed by atoms with Gasteiger partial charge in [-0.15, -0.1) is 0 Å². The summed E-state index contributed by atoms with van der Waals surface area (Å²) in [7, 11) is -4.15. The summed E-state index contributed by atoms with van der Waals surface area (Å²) >= 11 is 0. The number of nitrogens with one attached hydrogen (secondary N) is 1. The second-order valence-electron chi connectivity index (χ2n) is 11.7. The van der Waals surface area contributed by atoms with Gasteiger partial charge in [-0.05, 0) is 68.7 Å². The maximum Gasteiger partial charge on any atom is 0.308 e. The number of aliphatic carboxylic acids is 1. The van der Waals surface area contributed by atoms with Crippen LogP contribution in [0.1, 0.15) is 31.2 Å². The average Bonchev–Trinajstić information content (AvgIpc) is 3.41. The summed E-state index contributed by atoms with van der Waals surface area (Å²) in [6.45, 7) is 1.86. The molecule has 3 heterocycles. The molecule has 11 heteroatoms. The van der Waals surface area contributed by atoms with Crippen LogP contribution in [0.5, 0.6) is 0 Å². The second kappa shape index (κ2) is 10.8. The van der Waals surface area contributed by atoms with Crippen molar-refractivity contribution in [2.45, 2.75) is 43.5 Å². The van der Waals surface area contributed by atoms with E-state index in [9.17, 15) is 22.7 Å². The molecule has 2 unspecified atom stereocenters. The van der Waals surface area contributed by atoms with Gasteiger partial charge in [-0.25, -0.2) is 27.3 Å². The van der Waals surface area contributed by atoms with Crippen LogP contribution in [-0.4, -0.2) is 44.5 Å². The van der Waals surface area contributed by atoms with Crippen LogP contribution in [0.2, 0.25) is 0 Å². The van der Waals surface area contributed by atoms with Crippen LogP contribution in [0, 0.1) is 30.6 Å². The smallest absolute Gasteiger partial charge is 0.308 e. The Balaban J connectivity index is 1.39. The molecule has 0 aliphatic heterocycles. The predicted molar refractivity (Wildman–Crippen MR) is 164 cm³/mol. The molecule has 9 nitrogen and oxygen atoms in total. The highest BCUT2D eigenvalue weighted by Gasteiger charge is 2.47. The first-order chi connectivity index (χ1) is 21.2. The Bertz CT molecular complexity index is 1990. The minimum Gasteiger partial charge on any atom is -0.481 e. The Morgan fingerprint density at radius 2 is 1.64 bits per heavy atom. The van der Waals surface area contributed by atoms with E-state index in [1.165, 1.54) is 30.5 Å². The van der Waals surface area contributed by atoms with Crippen LogP contribution in [0.4, 0.5) is 10.2 Å². The lowest BCUT2D eigenvalue weighted by atomic mass is 9.61. The van der Waals surface area contributed by atoms with E-state index < -0.39 is 27.9 Å². The van der Waals surface area contributed by atoms with Crippen LogP contribution in [0.3, 0.4) is 0 Å². The zero-order valence-corrected chi connectivity index (χ0v) is 24.7. The molecule has 3 fully saturated rings. The molecule has 8 rings (SSSR count). The Hall–Kier alpha value is -4.64. The molecule has 3 aromatic heterocycles. The van der Waals surface area contributed by atoms with Crippen molar-refractivity contribution in [3.63, 3.8) is 0 Å². The molecule has 0 amide bonds. The maximum atomic E-state index is 14.4. The normalized spacial score (nSPS) is 21.4. The van der Waals surface area contributed by atoms with E-state index in [0.29, 0.717) is 22.5 Å². The molecule has 3 aliphatic rings. The lowest BCUT2D eigenvalue weighted by Crippen LogP contribution is -2.51. The number of pyridine rings is 1. The van der Waals surface area contributed by atoms with Crippen LogP contribution >= 0.6 is 0 Å². The predicted octanol–water partition coefficient (Wildman–Crippen LogP) is 6.15. The third-order valence-corrected chi connectivity index (χ3v) is 10.7. The number of fused-ring (bicyclic) bond motifs is 4. The monoisotopic (exact) mass is 611 g/mol. The molecular formula is C33H30FN5O4S. The fourth-order valence-electron chi connectivity index (χ4n) is 6.82. The van der Waals surface area contributed by atoms with E-state index in [4.69, 9.17) is 9.97 Å². The Labute approximate surface area is 253 Å². The summed E-state index contributed by atoms with van der Waals surface area (Å²) in [4.78, 5) is 26.0. The summed E-state index contributed by atoms with van der Waals surface area (Å²) in [5.74, 6) is -1.21. The molecule has 224 valence electrons. The standard InChI is InChI=1S/C33H30FN5O4S/c1-19-7-13-23(14-8-19)44(42,43)39-18-25(24-15-16-27(34)36-32(24)39)31-35-26(20-5-3-2-4-6-20)17-28(38-31)37-30-22-11-9-21(10-12-22)29(30)33(40)41/h2-8,13-18,21-22,29-30H,9-12H2,1H3,(H,40,41)(H,35,37,38). The molecule has 3 saturated carbocycles. The first kappa shape index (κ1) is 28.1. The molecule has 2 aromatic carbocycles. The summed E-state index contributed by atoms with van der Waals surface area (Å²) in [6, 6.07) is 20.0. The molecule has 2 N–H and O–H groups in total. The molecule has 0 spiro atoms. The number of aryl methyl sites for hydroxylation is 1. The van der Waals surface area contributed by atoms with Crippen LogP contribution in [0.25, 0.3) is 33.7 Å². The molecule has 0 radical (unpaired) electrons. The van der Waals surface area contributed by atoms with Gasteiger partial charge < -0.3 is 10.4 Å². The average molecular weight is 612 g/mol. The molecule has 5 aromatic rings. The van der Waals surface area contributed by atoms with E-state index in [1.54, 1.807) is 18.2 Å². The van der Waals surface area contributed by atoms with E-state index in [-0.39, 0.29) is 34.2 Å². The number of benzene rings is 2. The lowest BCUT2D eigenvalue weighted by molar-refractivity contribution is -0.148. The van der Waals surface area contributed by atoms with Crippen molar-refractivity contribution in [2.24, 2.45) is 17.8 Å². The van der Waals surface area contributed by atoms with Gasteiger partial charge in [0.1, 0.15) is 5.82 Å². The summed E-state index contributed by atoms with van der Waals surface area (Å²) < 4.78 is 43.0. The van der Waals surface area contributed by atoms with E-state index in [1.807, 2.05) is 37.3 Å². The minimum atomic E-state index is -4.15. The topological polar surface area (TPSA) is 127 Å².